The van der Waals surface area contributed by atoms with Crippen LogP contribution in [0.25, 0.3) is 5.69 Å². The van der Waals surface area contributed by atoms with Crippen molar-refractivity contribution in [2.24, 2.45) is 0 Å². The third-order valence-electron chi connectivity index (χ3n) is 5.42. The van der Waals surface area contributed by atoms with Crippen LogP contribution in [0.4, 0.5) is 19.0 Å². The summed E-state index contributed by atoms with van der Waals surface area (Å²) >= 11 is 0. The maximum Gasteiger partial charge on any atom is 0.573 e. The summed E-state index contributed by atoms with van der Waals surface area (Å²) in [5, 5.41) is 8.23. The van der Waals surface area contributed by atoms with Gasteiger partial charge in [0.2, 0.25) is 0 Å². The fraction of sp³-hybridized carbons (Fsp3) is 0.526. The minimum atomic E-state index is -4.68. The molecule has 3 heterocycles. The van der Waals surface area contributed by atoms with Crippen molar-refractivity contribution in [3.8, 4) is 11.4 Å². The third kappa shape index (κ3) is 3.76. The van der Waals surface area contributed by atoms with E-state index in [0.29, 0.717) is 5.92 Å². The maximum atomic E-state index is 12.4. The Bertz CT molecular complexity index is 793. The summed E-state index contributed by atoms with van der Waals surface area (Å²) in [5.41, 5.74) is 3.12. The second-order valence-electron chi connectivity index (χ2n) is 7.05. The number of benzene rings is 1. The van der Waals surface area contributed by atoms with E-state index >= 15 is 0 Å². The van der Waals surface area contributed by atoms with Crippen LogP contribution in [-0.4, -0.2) is 47.2 Å². The Morgan fingerprint density at radius 1 is 1.19 bits per heavy atom. The van der Waals surface area contributed by atoms with Gasteiger partial charge in [-0.3, -0.25) is 0 Å². The van der Waals surface area contributed by atoms with Crippen molar-refractivity contribution >= 4 is 5.82 Å². The topological polar surface area (TPSA) is 42.3 Å². The number of hydrogen-bond donors (Lipinski definition) is 1. The Labute approximate surface area is 156 Å². The van der Waals surface area contributed by atoms with Gasteiger partial charge in [0.15, 0.2) is 0 Å². The normalized spacial score (nSPS) is 18.4. The van der Waals surface area contributed by atoms with Gasteiger partial charge < -0.3 is 15.0 Å². The summed E-state index contributed by atoms with van der Waals surface area (Å²) < 4.78 is 42.8. The first-order chi connectivity index (χ1) is 12.9. The van der Waals surface area contributed by atoms with E-state index in [9.17, 15) is 13.2 Å². The molecule has 1 aromatic carbocycles. The van der Waals surface area contributed by atoms with Gasteiger partial charge in [-0.25, -0.2) is 4.68 Å². The molecule has 0 atom stereocenters. The zero-order chi connectivity index (χ0) is 19.0. The van der Waals surface area contributed by atoms with Crippen LogP contribution in [0.2, 0.25) is 0 Å². The van der Waals surface area contributed by atoms with Gasteiger partial charge in [0.25, 0.3) is 0 Å². The lowest BCUT2D eigenvalue weighted by Crippen LogP contribution is -2.33. The molecule has 0 saturated carbocycles. The molecule has 8 heteroatoms. The standard InChI is InChI=1S/C19H23F3N4O/c1-2-25-11-8-13(9-12-25)17-16-7-10-23-18(16)26(24-17)14-3-5-15(6-4-14)27-19(20,21)22/h3-6,13,23H,2,7-12H2,1H3. The highest BCUT2D eigenvalue weighted by Crippen LogP contribution is 2.37. The second-order valence-corrected chi connectivity index (χ2v) is 7.05. The number of fused-ring (bicyclic) bond motifs is 1. The molecule has 0 aliphatic carbocycles. The smallest absolute Gasteiger partial charge is 0.406 e. The minimum Gasteiger partial charge on any atom is -0.406 e. The van der Waals surface area contributed by atoms with Gasteiger partial charge >= 0.3 is 6.36 Å². The molecule has 1 saturated heterocycles. The number of alkyl halides is 3. The Balaban J connectivity index is 1.59. The molecule has 0 radical (unpaired) electrons. The van der Waals surface area contributed by atoms with Crippen molar-refractivity contribution in [3.05, 3.63) is 35.5 Å². The molecule has 0 unspecified atom stereocenters. The first-order valence-corrected chi connectivity index (χ1v) is 9.39. The zero-order valence-electron chi connectivity index (χ0n) is 15.2. The van der Waals surface area contributed by atoms with Gasteiger partial charge in [-0.05, 0) is 63.2 Å². The molecule has 1 fully saturated rings. The Hall–Kier alpha value is -2.22. The van der Waals surface area contributed by atoms with E-state index in [1.165, 1.54) is 17.7 Å². The number of ether oxygens (including phenoxy) is 1. The number of nitrogens with zero attached hydrogens (tertiary/aromatic N) is 3. The third-order valence-corrected chi connectivity index (χ3v) is 5.42. The quantitative estimate of drug-likeness (QED) is 0.873. The first-order valence-electron chi connectivity index (χ1n) is 9.39. The van der Waals surface area contributed by atoms with Crippen LogP contribution in [0.3, 0.4) is 0 Å². The van der Waals surface area contributed by atoms with Crippen molar-refractivity contribution in [1.82, 2.24) is 14.7 Å². The molecule has 2 aromatic rings. The van der Waals surface area contributed by atoms with E-state index in [2.05, 4.69) is 21.9 Å². The van der Waals surface area contributed by atoms with E-state index in [-0.39, 0.29) is 5.75 Å². The Morgan fingerprint density at radius 3 is 2.52 bits per heavy atom. The highest BCUT2D eigenvalue weighted by atomic mass is 19.4. The number of nitrogens with one attached hydrogen (secondary N) is 1. The molecule has 2 aliphatic rings. The fourth-order valence-corrected chi connectivity index (χ4v) is 4.03. The largest absolute Gasteiger partial charge is 0.573 e. The summed E-state index contributed by atoms with van der Waals surface area (Å²) in [5.74, 6) is 1.18. The molecular weight excluding hydrogens is 357 g/mol. The Morgan fingerprint density at radius 2 is 1.89 bits per heavy atom. The lowest BCUT2D eigenvalue weighted by atomic mass is 9.91. The van der Waals surface area contributed by atoms with Gasteiger partial charge in [0.1, 0.15) is 11.6 Å². The van der Waals surface area contributed by atoms with Crippen molar-refractivity contribution in [1.29, 1.82) is 0 Å². The van der Waals surface area contributed by atoms with Crippen molar-refractivity contribution < 1.29 is 17.9 Å². The minimum absolute atomic E-state index is 0.227. The summed E-state index contributed by atoms with van der Waals surface area (Å²) in [6.07, 6.45) is -1.56. The molecule has 146 valence electrons. The molecule has 4 rings (SSSR count). The number of rotatable bonds is 4. The molecule has 1 N–H and O–H groups in total. The zero-order valence-corrected chi connectivity index (χ0v) is 15.2. The van der Waals surface area contributed by atoms with E-state index in [1.807, 2.05) is 4.68 Å². The van der Waals surface area contributed by atoms with Crippen LogP contribution in [0.15, 0.2) is 24.3 Å². The van der Waals surface area contributed by atoms with Crippen molar-refractivity contribution in [3.63, 3.8) is 0 Å². The summed E-state index contributed by atoms with van der Waals surface area (Å²) in [7, 11) is 0. The molecule has 0 bridgehead atoms. The van der Waals surface area contributed by atoms with Gasteiger partial charge in [-0.2, -0.15) is 5.10 Å². The number of anilines is 1. The van der Waals surface area contributed by atoms with Crippen LogP contribution < -0.4 is 10.1 Å². The summed E-state index contributed by atoms with van der Waals surface area (Å²) in [4.78, 5) is 2.45. The highest BCUT2D eigenvalue weighted by molar-refractivity contribution is 5.58. The van der Waals surface area contributed by atoms with E-state index in [4.69, 9.17) is 5.10 Å². The molecule has 0 amide bonds. The molecular formula is C19H23F3N4O. The van der Waals surface area contributed by atoms with Crippen molar-refractivity contribution in [2.45, 2.75) is 38.5 Å². The van der Waals surface area contributed by atoms with E-state index in [1.54, 1.807) is 12.1 Å². The summed E-state index contributed by atoms with van der Waals surface area (Å²) in [6, 6.07) is 5.87. The van der Waals surface area contributed by atoms with Gasteiger partial charge in [-0.1, -0.05) is 6.92 Å². The van der Waals surface area contributed by atoms with E-state index in [0.717, 1.165) is 62.6 Å². The molecule has 1 aromatic heterocycles. The predicted molar refractivity (Wildman–Crippen MR) is 96.5 cm³/mol. The van der Waals surface area contributed by atoms with Crippen molar-refractivity contribution in [2.75, 3.05) is 31.5 Å². The van der Waals surface area contributed by atoms with Gasteiger partial charge in [0, 0.05) is 18.0 Å². The lowest BCUT2D eigenvalue weighted by Gasteiger charge is -2.30. The lowest BCUT2D eigenvalue weighted by molar-refractivity contribution is -0.274. The monoisotopic (exact) mass is 380 g/mol. The number of aromatic nitrogens is 2. The van der Waals surface area contributed by atoms with Gasteiger partial charge in [0.05, 0.1) is 11.4 Å². The van der Waals surface area contributed by atoms with Crippen LogP contribution in [-0.2, 0) is 6.42 Å². The number of likely N-dealkylation sites (tertiary alicyclic amines) is 1. The molecule has 27 heavy (non-hydrogen) atoms. The van der Waals surface area contributed by atoms with E-state index < -0.39 is 6.36 Å². The Kier molecular flexibility index (Phi) is 4.75. The number of piperidine rings is 1. The molecule has 5 nitrogen and oxygen atoms in total. The molecule has 0 spiro atoms. The average Bonchev–Trinajstić information content (AvgIpc) is 3.24. The van der Waals surface area contributed by atoms with Gasteiger partial charge in [-0.15, -0.1) is 13.2 Å². The van der Waals surface area contributed by atoms with Crippen LogP contribution in [0.5, 0.6) is 5.75 Å². The van der Waals surface area contributed by atoms with Crippen LogP contribution in [0.1, 0.15) is 36.9 Å². The predicted octanol–water partition coefficient (Wildman–Crippen LogP) is 3.94. The van der Waals surface area contributed by atoms with Crippen LogP contribution in [0, 0.1) is 0 Å². The highest BCUT2D eigenvalue weighted by Gasteiger charge is 2.32. The number of hydrogen-bond acceptors (Lipinski definition) is 4. The number of halogens is 3. The van der Waals surface area contributed by atoms with Crippen LogP contribution >= 0.6 is 0 Å². The first kappa shape index (κ1) is 18.2. The maximum absolute atomic E-state index is 12.4. The molecule has 2 aliphatic heterocycles. The fourth-order valence-electron chi connectivity index (χ4n) is 4.03. The SMILES string of the molecule is CCN1CCC(c2nn(-c3ccc(OC(F)(F)F)cc3)c3c2CCN3)CC1. The average molecular weight is 380 g/mol. The second kappa shape index (κ2) is 7.07. The summed E-state index contributed by atoms with van der Waals surface area (Å²) in [6.45, 7) is 6.29.